The maximum atomic E-state index is 13.1. The molecule has 1 amide bonds. The minimum atomic E-state index is 0.173. The predicted molar refractivity (Wildman–Crippen MR) is 95.3 cm³/mol. The molecule has 0 unspecified atom stereocenters. The smallest absolute Gasteiger partial charge is 0.255 e. The second-order valence-corrected chi connectivity index (χ2v) is 6.93. The molecule has 1 aliphatic rings. The van der Waals surface area contributed by atoms with Crippen molar-refractivity contribution >= 4 is 5.91 Å². The standard InChI is InChI=1S/C19H28N4O/c1-6-21-14(3)11-18(16(21)5)19(24)22-9-7-8-17(22)12-23-15(4)10-13(2)20-23/h10-11,17H,6-9,12H2,1-5H3/t17-/m0/s1. The van der Waals surface area contributed by atoms with E-state index in [1.54, 1.807) is 0 Å². The van der Waals surface area contributed by atoms with E-state index in [-0.39, 0.29) is 11.9 Å². The summed E-state index contributed by atoms with van der Waals surface area (Å²) in [7, 11) is 0. The number of amides is 1. The van der Waals surface area contributed by atoms with Gasteiger partial charge in [-0.1, -0.05) is 0 Å². The Morgan fingerprint density at radius 3 is 2.54 bits per heavy atom. The van der Waals surface area contributed by atoms with E-state index in [1.165, 1.54) is 0 Å². The van der Waals surface area contributed by atoms with Crippen LogP contribution in [0.2, 0.25) is 0 Å². The molecule has 5 nitrogen and oxygen atoms in total. The molecule has 0 saturated carbocycles. The van der Waals surface area contributed by atoms with E-state index in [0.29, 0.717) is 0 Å². The number of hydrogen-bond donors (Lipinski definition) is 0. The first-order valence-electron chi connectivity index (χ1n) is 8.91. The molecule has 5 heteroatoms. The van der Waals surface area contributed by atoms with Gasteiger partial charge in [0, 0.05) is 30.2 Å². The Bertz CT molecular complexity index is 756. The molecule has 1 saturated heterocycles. The Labute approximate surface area is 144 Å². The van der Waals surface area contributed by atoms with Gasteiger partial charge in [-0.2, -0.15) is 5.10 Å². The summed E-state index contributed by atoms with van der Waals surface area (Å²) < 4.78 is 4.25. The van der Waals surface area contributed by atoms with Gasteiger partial charge in [0.25, 0.3) is 5.91 Å². The molecule has 0 N–H and O–H groups in total. The van der Waals surface area contributed by atoms with Crippen LogP contribution >= 0.6 is 0 Å². The number of nitrogens with zero attached hydrogens (tertiary/aromatic N) is 4. The van der Waals surface area contributed by atoms with E-state index in [1.807, 2.05) is 17.7 Å². The molecule has 130 valence electrons. The van der Waals surface area contributed by atoms with Crippen LogP contribution in [0.3, 0.4) is 0 Å². The molecular weight excluding hydrogens is 300 g/mol. The lowest BCUT2D eigenvalue weighted by molar-refractivity contribution is 0.0720. The van der Waals surface area contributed by atoms with Crippen LogP contribution in [0, 0.1) is 27.7 Å². The molecule has 2 aromatic rings. The van der Waals surface area contributed by atoms with Crippen LogP contribution in [0.15, 0.2) is 12.1 Å². The summed E-state index contributed by atoms with van der Waals surface area (Å²) in [6.45, 7) is 12.9. The maximum absolute atomic E-state index is 13.1. The van der Waals surface area contributed by atoms with Crippen molar-refractivity contribution in [3.05, 3.63) is 40.5 Å². The van der Waals surface area contributed by atoms with Gasteiger partial charge in [0.1, 0.15) is 0 Å². The van der Waals surface area contributed by atoms with Gasteiger partial charge < -0.3 is 9.47 Å². The average Bonchev–Trinajstić information content (AvgIpc) is 3.18. The summed E-state index contributed by atoms with van der Waals surface area (Å²) in [6.07, 6.45) is 2.12. The zero-order chi connectivity index (χ0) is 17.4. The molecule has 2 aromatic heterocycles. The van der Waals surface area contributed by atoms with Gasteiger partial charge >= 0.3 is 0 Å². The van der Waals surface area contributed by atoms with Gasteiger partial charge in [0.05, 0.1) is 23.8 Å². The van der Waals surface area contributed by atoms with Gasteiger partial charge in [-0.3, -0.25) is 9.48 Å². The predicted octanol–water partition coefficient (Wildman–Crippen LogP) is 3.24. The first-order valence-corrected chi connectivity index (χ1v) is 8.91. The van der Waals surface area contributed by atoms with Gasteiger partial charge in [-0.15, -0.1) is 0 Å². The van der Waals surface area contributed by atoms with Crippen molar-refractivity contribution in [1.82, 2.24) is 19.2 Å². The lowest BCUT2D eigenvalue weighted by atomic mass is 10.1. The molecular formula is C19H28N4O. The normalized spacial score (nSPS) is 17.7. The summed E-state index contributed by atoms with van der Waals surface area (Å²) in [6, 6.07) is 4.37. The van der Waals surface area contributed by atoms with E-state index in [0.717, 1.165) is 60.8 Å². The molecule has 0 aromatic carbocycles. The second-order valence-electron chi connectivity index (χ2n) is 6.93. The number of aromatic nitrogens is 3. The zero-order valence-corrected chi connectivity index (χ0v) is 15.5. The van der Waals surface area contributed by atoms with Crippen molar-refractivity contribution in [2.45, 2.75) is 66.6 Å². The van der Waals surface area contributed by atoms with Gasteiger partial charge in [-0.25, -0.2) is 0 Å². The number of carbonyl (C=O) groups is 1. The summed E-state index contributed by atoms with van der Waals surface area (Å²) in [5.74, 6) is 0.173. The summed E-state index contributed by atoms with van der Waals surface area (Å²) in [5.41, 5.74) is 5.30. The van der Waals surface area contributed by atoms with Crippen LogP contribution in [0.1, 0.15) is 52.9 Å². The SMILES string of the molecule is CCn1c(C)cc(C(=O)N2CCC[C@H]2Cn2nc(C)cc2C)c1C. The highest BCUT2D eigenvalue weighted by Crippen LogP contribution is 2.25. The molecule has 0 bridgehead atoms. The third-order valence-electron chi connectivity index (χ3n) is 5.25. The largest absolute Gasteiger partial charge is 0.349 e. The van der Waals surface area contributed by atoms with Gasteiger partial charge in [-0.05, 0) is 59.6 Å². The molecule has 24 heavy (non-hydrogen) atoms. The van der Waals surface area contributed by atoms with Crippen molar-refractivity contribution in [3.63, 3.8) is 0 Å². The molecule has 1 atom stereocenters. The average molecular weight is 328 g/mol. The van der Waals surface area contributed by atoms with E-state index in [2.05, 4.69) is 48.3 Å². The molecule has 0 radical (unpaired) electrons. The quantitative estimate of drug-likeness (QED) is 0.865. The topological polar surface area (TPSA) is 43.1 Å². The highest BCUT2D eigenvalue weighted by atomic mass is 16.2. The van der Waals surface area contributed by atoms with E-state index < -0.39 is 0 Å². The van der Waals surface area contributed by atoms with Crippen LogP contribution in [-0.4, -0.2) is 37.7 Å². The van der Waals surface area contributed by atoms with Crippen molar-refractivity contribution in [2.24, 2.45) is 0 Å². The monoisotopic (exact) mass is 328 g/mol. The summed E-state index contributed by atoms with van der Waals surface area (Å²) >= 11 is 0. The highest BCUT2D eigenvalue weighted by molar-refractivity contribution is 5.96. The van der Waals surface area contributed by atoms with Crippen LogP contribution in [-0.2, 0) is 13.1 Å². The minimum absolute atomic E-state index is 0.173. The molecule has 1 fully saturated rings. The summed E-state index contributed by atoms with van der Waals surface area (Å²) in [5, 5.41) is 4.56. The first-order chi connectivity index (χ1) is 11.4. The highest BCUT2D eigenvalue weighted by Gasteiger charge is 2.31. The second kappa shape index (κ2) is 6.46. The number of rotatable bonds is 4. The third-order valence-corrected chi connectivity index (χ3v) is 5.25. The van der Waals surface area contributed by atoms with E-state index in [9.17, 15) is 4.79 Å². The van der Waals surface area contributed by atoms with Crippen molar-refractivity contribution < 1.29 is 4.79 Å². The fraction of sp³-hybridized carbons (Fsp3) is 0.579. The summed E-state index contributed by atoms with van der Waals surface area (Å²) in [4.78, 5) is 15.2. The molecule has 0 spiro atoms. The van der Waals surface area contributed by atoms with Crippen LogP contribution in [0.25, 0.3) is 0 Å². The fourth-order valence-electron chi connectivity index (χ4n) is 4.01. The molecule has 3 heterocycles. The van der Waals surface area contributed by atoms with Crippen molar-refractivity contribution in [3.8, 4) is 0 Å². The Morgan fingerprint density at radius 1 is 1.21 bits per heavy atom. The van der Waals surface area contributed by atoms with Crippen molar-refractivity contribution in [1.29, 1.82) is 0 Å². The van der Waals surface area contributed by atoms with Crippen LogP contribution in [0.5, 0.6) is 0 Å². The Balaban J connectivity index is 1.82. The zero-order valence-electron chi connectivity index (χ0n) is 15.5. The minimum Gasteiger partial charge on any atom is -0.349 e. The third kappa shape index (κ3) is 2.87. The molecule has 3 rings (SSSR count). The molecule has 1 aliphatic heterocycles. The Morgan fingerprint density at radius 2 is 1.96 bits per heavy atom. The number of carbonyl (C=O) groups excluding carboxylic acids is 1. The number of hydrogen-bond acceptors (Lipinski definition) is 2. The van der Waals surface area contributed by atoms with E-state index >= 15 is 0 Å². The Kier molecular flexibility index (Phi) is 4.52. The first kappa shape index (κ1) is 16.8. The van der Waals surface area contributed by atoms with Crippen LogP contribution in [0.4, 0.5) is 0 Å². The van der Waals surface area contributed by atoms with Crippen LogP contribution < -0.4 is 0 Å². The lowest BCUT2D eigenvalue weighted by Gasteiger charge is -2.25. The van der Waals surface area contributed by atoms with Gasteiger partial charge in [0.2, 0.25) is 0 Å². The van der Waals surface area contributed by atoms with E-state index in [4.69, 9.17) is 0 Å². The maximum Gasteiger partial charge on any atom is 0.255 e. The number of likely N-dealkylation sites (tertiary alicyclic amines) is 1. The molecule has 0 aliphatic carbocycles. The number of aryl methyl sites for hydroxylation is 3. The fourth-order valence-corrected chi connectivity index (χ4v) is 4.01. The lowest BCUT2D eigenvalue weighted by Crippen LogP contribution is -2.38. The van der Waals surface area contributed by atoms with Gasteiger partial charge in [0.15, 0.2) is 0 Å². The van der Waals surface area contributed by atoms with Crippen molar-refractivity contribution in [2.75, 3.05) is 6.54 Å². The Hall–Kier alpha value is -2.04.